The van der Waals surface area contributed by atoms with Gasteiger partial charge in [-0.25, -0.2) is 4.79 Å². The lowest BCUT2D eigenvalue weighted by Crippen LogP contribution is -2.52. The Morgan fingerprint density at radius 3 is 2.44 bits per heavy atom. The first-order chi connectivity index (χ1) is 13.1. The number of nitrogens with one attached hydrogen (secondary N) is 1. The summed E-state index contributed by atoms with van der Waals surface area (Å²) in [6.45, 7) is 0.398. The third-order valence-electron chi connectivity index (χ3n) is 5.42. The summed E-state index contributed by atoms with van der Waals surface area (Å²) < 4.78 is 6.13. The quantitative estimate of drug-likeness (QED) is 0.752. The van der Waals surface area contributed by atoms with Crippen LogP contribution in [0.15, 0.2) is 48.5 Å². The summed E-state index contributed by atoms with van der Waals surface area (Å²) in [5, 5.41) is 4.17. The van der Waals surface area contributed by atoms with Crippen molar-refractivity contribution in [3.63, 3.8) is 0 Å². The summed E-state index contributed by atoms with van der Waals surface area (Å²) in [7, 11) is 0. The van der Waals surface area contributed by atoms with Crippen molar-refractivity contribution in [2.24, 2.45) is 0 Å². The smallest absolute Gasteiger partial charge is 0.318 e. The minimum absolute atomic E-state index is 0.0216. The van der Waals surface area contributed by atoms with Gasteiger partial charge in [0.2, 0.25) is 0 Å². The fraction of sp³-hybridized carbons (Fsp3) is 0.381. The van der Waals surface area contributed by atoms with Crippen LogP contribution in [0.4, 0.5) is 4.79 Å². The number of halogens is 2. The molecule has 2 aliphatic heterocycles. The second-order valence-electron chi connectivity index (χ2n) is 7.21. The maximum absolute atomic E-state index is 12.8. The Kier molecular flexibility index (Phi) is 5.46. The highest BCUT2D eigenvalue weighted by Gasteiger charge is 2.44. The van der Waals surface area contributed by atoms with Gasteiger partial charge >= 0.3 is 6.03 Å². The van der Waals surface area contributed by atoms with Crippen LogP contribution in [-0.2, 0) is 6.54 Å². The lowest BCUT2D eigenvalue weighted by molar-refractivity contribution is 0.0686. The predicted molar refractivity (Wildman–Crippen MR) is 107 cm³/mol. The van der Waals surface area contributed by atoms with Gasteiger partial charge in [-0.15, -0.1) is 0 Å². The van der Waals surface area contributed by atoms with E-state index >= 15 is 0 Å². The van der Waals surface area contributed by atoms with Gasteiger partial charge in [-0.2, -0.15) is 0 Å². The lowest BCUT2D eigenvalue weighted by atomic mass is 10.00. The van der Waals surface area contributed by atoms with Crippen molar-refractivity contribution < 1.29 is 9.53 Å². The number of ether oxygens (including phenoxy) is 1. The molecule has 0 aromatic heterocycles. The molecule has 2 saturated heterocycles. The van der Waals surface area contributed by atoms with Gasteiger partial charge in [0.15, 0.2) is 0 Å². The molecular weight excluding hydrogens is 383 g/mol. The van der Waals surface area contributed by atoms with Crippen molar-refractivity contribution in [1.29, 1.82) is 0 Å². The topological polar surface area (TPSA) is 41.6 Å². The number of hydrogen-bond acceptors (Lipinski definition) is 2. The van der Waals surface area contributed by atoms with Gasteiger partial charge in [0.25, 0.3) is 0 Å². The van der Waals surface area contributed by atoms with E-state index < -0.39 is 0 Å². The first kappa shape index (κ1) is 18.5. The summed E-state index contributed by atoms with van der Waals surface area (Å²) in [5.41, 5.74) is 0.865. The Bertz CT molecular complexity index is 801. The van der Waals surface area contributed by atoms with Gasteiger partial charge in [-0.3, -0.25) is 0 Å². The molecule has 6 heteroatoms. The minimum atomic E-state index is -0.0216. The maximum Gasteiger partial charge on any atom is 0.318 e. The molecular formula is C21H22Cl2N2O2. The number of carbonyl (C=O) groups is 1. The zero-order chi connectivity index (χ0) is 18.8. The van der Waals surface area contributed by atoms with Crippen molar-refractivity contribution >= 4 is 29.2 Å². The van der Waals surface area contributed by atoms with Gasteiger partial charge in [0, 0.05) is 41.5 Å². The van der Waals surface area contributed by atoms with Crippen LogP contribution >= 0.6 is 23.2 Å². The van der Waals surface area contributed by atoms with E-state index in [0.717, 1.165) is 37.0 Å². The largest absolute Gasteiger partial charge is 0.490 e. The van der Waals surface area contributed by atoms with E-state index in [1.165, 1.54) is 0 Å². The van der Waals surface area contributed by atoms with E-state index in [2.05, 4.69) is 5.32 Å². The van der Waals surface area contributed by atoms with Crippen LogP contribution < -0.4 is 10.1 Å². The molecule has 1 unspecified atom stereocenters. The molecule has 2 aromatic carbocycles. The van der Waals surface area contributed by atoms with Crippen LogP contribution in [0.5, 0.6) is 5.75 Å². The van der Waals surface area contributed by atoms with Crippen molar-refractivity contribution in [1.82, 2.24) is 10.2 Å². The van der Waals surface area contributed by atoms with Crippen molar-refractivity contribution in [2.75, 3.05) is 0 Å². The first-order valence-corrected chi connectivity index (χ1v) is 10.1. The third kappa shape index (κ3) is 4.17. The molecule has 2 heterocycles. The Labute approximate surface area is 169 Å². The molecule has 1 N–H and O–H groups in total. The zero-order valence-corrected chi connectivity index (χ0v) is 16.4. The number of fused-ring (bicyclic) bond motifs is 2. The highest BCUT2D eigenvalue weighted by molar-refractivity contribution is 6.35. The van der Waals surface area contributed by atoms with Crippen molar-refractivity contribution in [2.45, 2.75) is 50.4 Å². The summed E-state index contributed by atoms with van der Waals surface area (Å²) in [5.74, 6) is 0.900. The summed E-state index contributed by atoms with van der Waals surface area (Å²) >= 11 is 12.1. The van der Waals surface area contributed by atoms with Crippen molar-refractivity contribution in [3.05, 3.63) is 64.1 Å². The van der Waals surface area contributed by atoms with Crippen LogP contribution in [0.1, 0.15) is 31.2 Å². The van der Waals surface area contributed by atoms with Gasteiger partial charge < -0.3 is 15.0 Å². The second-order valence-corrected chi connectivity index (χ2v) is 8.05. The Morgan fingerprint density at radius 2 is 1.78 bits per heavy atom. The van der Waals surface area contributed by atoms with Gasteiger partial charge in [0.1, 0.15) is 11.9 Å². The van der Waals surface area contributed by atoms with E-state index in [1.54, 1.807) is 12.1 Å². The Morgan fingerprint density at radius 1 is 1.07 bits per heavy atom. The first-order valence-electron chi connectivity index (χ1n) is 9.32. The number of benzene rings is 2. The van der Waals surface area contributed by atoms with Crippen LogP contribution in [-0.4, -0.2) is 29.1 Å². The van der Waals surface area contributed by atoms with Crippen LogP contribution in [0, 0.1) is 0 Å². The van der Waals surface area contributed by atoms with E-state index in [9.17, 15) is 4.79 Å². The van der Waals surface area contributed by atoms with Crippen LogP contribution in [0.3, 0.4) is 0 Å². The molecule has 2 bridgehead atoms. The number of nitrogens with zero attached hydrogens (tertiary/aromatic N) is 1. The minimum Gasteiger partial charge on any atom is -0.490 e. The zero-order valence-electron chi connectivity index (χ0n) is 14.9. The van der Waals surface area contributed by atoms with E-state index in [4.69, 9.17) is 27.9 Å². The number of urea groups is 1. The van der Waals surface area contributed by atoms with E-state index in [1.807, 2.05) is 41.3 Å². The number of piperidine rings is 1. The van der Waals surface area contributed by atoms with Crippen LogP contribution in [0.2, 0.25) is 10.0 Å². The standard InChI is InChI=1S/C21H22Cl2N2O2/c22-15-7-6-14(20(23)10-15)13-24-21(26)25-16-8-9-17(25)12-19(11-16)27-18-4-2-1-3-5-18/h1-7,10,16-17,19H,8-9,11-13H2,(H,24,26)/t16-,17+,19?. The molecule has 0 saturated carbocycles. The molecule has 0 radical (unpaired) electrons. The molecule has 27 heavy (non-hydrogen) atoms. The fourth-order valence-corrected chi connectivity index (χ4v) is 4.65. The molecule has 2 amide bonds. The monoisotopic (exact) mass is 404 g/mol. The van der Waals surface area contributed by atoms with Gasteiger partial charge in [-0.05, 0) is 42.7 Å². The number of carbonyl (C=O) groups excluding carboxylic acids is 1. The molecule has 2 fully saturated rings. The molecule has 0 spiro atoms. The van der Waals surface area contributed by atoms with Crippen LogP contribution in [0.25, 0.3) is 0 Å². The molecule has 0 aliphatic carbocycles. The molecule has 2 aliphatic rings. The fourth-order valence-electron chi connectivity index (χ4n) is 4.17. The maximum atomic E-state index is 12.8. The Hall–Kier alpha value is -1.91. The average molecular weight is 405 g/mol. The summed E-state index contributed by atoms with van der Waals surface area (Å²) in [4.78, 5) is 14.8. The molecule has 142 valence electrons. The normalized spacial score (nSPS) is 23.9. The van der Waals surface area contributed by atoms with Crippen molar-refractivity contribution in [3.8, 4) is 5.75 Å². The van der Waals surface area contributed by atoms with Gasteiger partial charge in [0.05, 0.1) is 0 Å². The number of amides is 2. The highest BCUT2D eigenvalue weighted by atomic mass is 35.5. The second kappa shape index (κ2) is 7.99. The molecule has 4 rings (SSSR count). The summed E-state index contributed by atoms with van der Waals surface area (Å²) in [6, 6.07) is 15.7. The average Bonchev–Trinajstić information content (AvgIpc) is 2.92. The highest BCUT2D eigenvalue weighted by Crippen LogP contribution is 2.37. The lowest BCUT2D eigenvalue weighted by Gasteiger charge is -2.38. The SMILES string of the molecule is O=C(NCc1ccc(Cl)cc1Cl)N1[C@@H]2CC[C@H]1CC(Oc1ccccc1)C2. The third-order valence-corrected chi connectivity index (χ3v) is 6.00. The summed E-state index contributed by atoms with van der Waals surface area (Å²) in [6.07, 6.45) is 3.99. The van der Waals surface area contributed by atoms with Gasteiger partial charge in [-0.1, -0.05) is 47.5 Å². The van der Waals surface area contributed by atoms with E-state index in [0.29, 0.717) is 16.6 Å². The predicted octanol–water partition coefficient (Wildman–Crippen LogP) is 5.28. The van der Waals surface area contributed by atoms with E-state index in [-0.39, 0.29) is 24.2 Å². The Balaban J connectivity index is 1.35. The molecule has 3 atom stereocenters. The number of para-hydroxylation sites is 1. The number of hydrogen-bond donors (Lipinski definition) is 1. The molecule has 2 aromatic rings. The molecule has 4 nitrogen and oxygen atoms in total. The number of rotatable bonds is 4.